The van der Waals surface area contributed by atoms with Crippen LogP contribution in [0.4, 0.5) is 19.1 Å². The fourth-order valence-corrected chi connectivity index (χ4v) is 3.69. The number of alkyl halides is 3. The topological polar surface area (TPSA) is 58.4 Å². The first-order valence-electron chi connectivity index (χ1n) is 9.15. The Balaban J connectivity index is 1.76. The Hall–Kier alpha value is -2.68. The normalized spacial score (nSPS) is 18.5. The molecule has 1 aliphatic heterocycles. The Kier molecular flexibility index (Phi) is 4.70. The Bertz CT molecular complexity index is 997. The quantitative estimate of drug-likeness (QED) is 0.740. The molecule has 1 saturated heterocycles. The summed E-state index contributed by atoms with van der Waals surface area (Å²) in [6, 6.07) is 4.42. The van der Waals surface area contributed by atoms with Crippen LogP contribution in [0.3, 0.4) is 0 Å². The second-order valence-corrected chi connectivity index (χ2v) is 7.31. The number of benzene rings is 1. The van der Waals surface area contributed by atoms with E-state index >= 15 is 0 Å². The van der Waals surface area contributed by atoms with Gasteiger partial charge in [-0.05, 0) is 39.4 Å². The average molecular weight is 390 g/mol. The van der Waals surface area contributed by atoms with Crippen LogP contribution in [0.25, 0.3) is 16.8 Å². The summed E-state index contributed by atoms with van der Waals surface area (Å²) >= 11 is 0. The number of likely N-dealkylation sites (N-methyl/N-ethyl adjacent to an activating group) is 1. The molecular formula is C19H21F3N6. The number of anilines is 1. The molecule has 1 atom stereocenters. The van der Waals surface area contributed by atoms with Crippen LogP contribution in [0.15, 0.2) is 30.7 Å². The predicted molar refractivity (Wildman–Crippen MR) is 100 cm³/mol. The van der Waals surface area contributed by atoms with Crippen molar-refractivity contribution in [3.05, 3.63) is 41.9 Å². The fraction of sp³-hybridized carbons (Fsp3) is 0.421. The second kappa shape index (κ2) is 7.05. The van der Waals surface area contributed by atoms with E-state index in [4.69, 9.17) is 0 Å². The zero-order valence-corrected chi connectivity index (χ0v) is 15.7. The molecule has 148 valence electrons. The van der Waals surface area contributed by atoms with Crippen LogP contribution in [-0.2, 0) is 6.18 Å². The van der Waals surface area contributed by atoms with Gasteiger partial charge in [-0.15, -0.1) is 10.2 Å². The number of aryl methyl sites for hydroxylation is 1. The van der Waals surface area contributed by atoms with Crippen molar-refractivity contribution in [2.24, 2.45) is 0 Å². The standard InChI is InChI=1S/C19H21F3N6/c1-12-5-6-14(15(8-12)19(20,21)22)17-16-9-23-11-28(16)18(26-25-17)24-13-4-3-7-27(2)10-13/h5-6,8-9,11,13H,3-4,7,10H2,1-2H3,(H,24,26)/t13-/m1/s1. The molecule has 0 bridgehead atoms. The molecule has 1 aliphatic rings. The summed E-state index contributed by atoms with van der Waals surface area (Å²) in [4.78, 5) is 6.35. The maximum atomic E-state index is 13.6. The highest BCUT2D eigenvalue weighted by molar-refractivity contribution is 5.79. The maximum absolute atomic E-state index is 13.6. The zero-order valence-electron chi connectivity index (χ0n) is 15.7. The number of likely N-dealkylation sites (tertiary alicyclic amines) is 1. The lowest BCUT2D eigenvalue weighted by Gasteiger charge is -2.30. The molecule has 9 heteroatoms. The highest BCUT2D eigenvalue weighted by Gasteiger charge is 2.35. The first-order valence-corrected chi connectivity index (χ1v) is 9.15. The smallest absolute Gasteiger partial charge is 0.350 e. The molecule has 6 nitrogen and oxygen atoms in total. The number of hydrogen-bond acceptors (Lipinski definition) is 5. The number of nitrogens with one attached hydrogen (secondary N) is 1. The third-order valence-electron chi connectivity index (χ3n) is 5.05. The number of nitrogens with zero attached hydrogens (tertiary/aromatic N) is 5. The van der Waals surface area contributed by atoms with Crippen molar-refractivity contribution < 1.29 is 13.2 Å². The molecule has 0 aliphatic carbocycles. The first kappa shape index (κ1) is 18.7. The maximum Gasteiger partial charge on any atom is 0.417 e. The number of imidazole rings is 1. The van der Waals surface area contributed by atoms with Crippen LogP contribution < -0.4 is 5.32 Å². The van der Waals surface area contributed by atoms with Gasteiger partial charge in [0.15, 0.2) is 0 Å². The summed E-state index contributed by atoms with van der Waals surface area (Å²) in [7, 11) is 2.06. The van der Waals surface area contributed by atoms with Crippen LogP contribution in [0.5, 0.6) is 0 Å². The van der Waals surface area contributed by atoms with Crippen molar-refractivity contribution in [2.75, 3.05) is 25.5 Å². The molecule has 0 radical (unpaired) electrons. The first-order chi connectivity index (χ1) is 13.3. The summed E-state index contributed by atoms with van der Waals surface area (Å²) in [5, 5.41) is 11.7. The van der Waals surface area contributed by atoms with Gasteiger partial charge in [-0.3, -0.25) is 4.40 Å². The van der Waals surface area contributed by atoms with Crippen LogP contribution in [-0.4, -0.2) is 50.7 Å². The van der Waals surface area contributed by atoms with Crippen molar-refractivity contribution in [1.82, 2.24) is 24.5 Å². The molecule has 0 spiro atoms. The third kappa shape index (κ3) is 3.54. The second-order valence-electron chi connectivity index (χ2n) is 7.31. The number of piperidine rings is 1. The number of rotatable bonds is 3. The van der Waals surface area contributed by atoms with Gasteiger partial charge in [0.2, 0.25) is 5.95 Å². The third-order valence-corrected chi connectivity index (χ3v) is 5.05. The lowest BCUT2D eigenvalue weighted by atomic mass is 10.0. The summed E-state index contributed by atoms with van der Waals surface area (Å²) in [5.41, 5.74) is 0.458. The molecule has 0 unspecified atom stereocenters. The Labute approximate surface area is 160 Å². The molecule has 4 rings (SSSR count). The molecule has 0 saturated carbocycles. The van der Waals surface area contributed by atoms with Crippen molar-refractivity contribution in [3.8, 4) is 11.3 Å². The van der Waals surface area contributed by atoms with Gasteiger partial charge >= 0.3 is 6.18 Å². The van der Waals surface area contributed by atoms with Gasteiger partial charge in [0.25, 0.3) is 0 Å². The lowest BCUT2D eigenvalue weighted by molar-refractivity contribution is -0.137. The van der Waals surface area contributed by atoms with E-state index in [1.807, 2.05) is 0 Å². The van der Waals surface area contributed by atoms with Gasteiger partial charge in [-0.1, -0.05) is 17.7 Å². The van der Waals surface area contributed by atoms with Crippen molar-refractivity contribution >= 4 is 11.5 Å². The van der Waals surface area contributed by atoms with E-state index in [1.54, 1.807) is 23.7 Å². The van der Waals surface area contributed by atoms with Crippen LogP contribution in [0.1, 0.15) is 24.0 Å². The minimum absolute atomic E-state index is 0.0000460. The molecule has 1 fully saturated rings. The van der Waals surface area contributed by atoms with Crippen molar-refractivity contribution in [1.29, 1.82) is 0 Å². The molecule has 3 heterocycles. The average Bonchev–Trinajstić information content (AvgIpc) is 3.12. The summed E-state index contributed by atoms with van der Waals surface area (Å²) in [5.74, 6) is 0.484. The van der Waals surface area contributed by atoms with Gasteiger partial charge in [0, 0.05) is 18.2 Å². The minimum atomic E-state index is -4.48. The molecular weight excluding hydrogens is 369 g/mol. The molecule has 1 aromatic carbocycles. The zero-order chi connectivity index (χ0) is 19.9. The van der Waals surface area contributed by atoms with Gasteiger partial charge in [0.05, 0.1) is 17.3 Å². The number of hydrogen-bond donors (Lipinski definition) is 1. The van der Waals surface area contributed by atoms with Crippen molar-refractivity contribution in [3.63, 3.8) is 0 Å². The van der Waals surface area contributed by atoms with E-state index in [1.165, 1.54) is 12.3 Å². The molecule has 0 amide bonds. The van der Waals surface area contributed by atoms with E-state index in [-0.39, 0.29) is 17.3 Å². The lowest BCUT2D eigenvalue weighted by Crippen LogP contribution is -2.40. The minimum Gasteiger partial charge on any atom is -0.350 e. The summed E-state index contributed by atoms with van der Waals surface area (Å²) in [6.07, 6.45) is 0.654. The van der Waals surface area contributed by atoms with Gasteiger partial charge in [-0.25, -0.2) is 4.98 Å². The largest absolute Gasteiger partial charge is 0.417 e. The number of aromatic nitrogens is 4. The monoisotopic (exact) mass is 390 g/mol. The summed E-state index contributed by atoms with van der Waals surface area (Å²) < 4.78 is 42.4. The molecule has 28 heavy (non-hydrogen) atoms. The van der Waals surface area contributed by atoms with Gasteiger partial charge in [0.1, 0.15) is 12.0 Å². The fourth-order valence-electron chi connectivity index (χ4n) is 3.69. The van der Waals surface area contributed by atoms with E-state index in [2.05, 4.69) is 32.4 Å². The highest BCUT2D eigenvalue weighted by atomic mass is 19.4. The SMILES string of the molecule is Cc1ccc(-c2nnc(N[C@@H]3CCCN(C)C3)n3cncc23)c(C(F)(F)F)c1. The van der Waals surface area contributed by atoms with Gasteiger partial charge in [-0.2, -0.15) is 13.2 Å². The number of halogens is 3. The highest BCUT2D eigenvalue weighted by Crippen LogP contribution is 2.38. The summed E-state index contributed by atoms with van der Waals surface area (Å²) in [6.45, 7) is 3.56. The predicted octanol–water partition coefficient (Wildman–Crippen LogP) is 3.62. The molecule has 1 N–H and O–H groups in total. The molecule has 2 aromatic heterocycles. The Morgan fingerprint density at radius 3 is 2.79 bits per heavy atom. The van der Waals surface area contributed by atoms with E-state index in [0.29, 0.717) is 17.0 Å². The van der Waals surface area contributed by atoms with E-state index in [0.717, 1.165) is 32.0 Å². The van der Waals surface area contributed by atoms with Crippen LogP contribution in [0.2, 0.25) is 0 Å². The van der Waals surface area contributed by atoms with E-state index < -0.39 is 11.7 Å². The van der Waals surface area contributed by atoms with Crippen molar-refractivity contribution in [2.45, 2.75) is 32.0 Å². The Morgan fingerprint density at radius 1 is 1.21 bits per heavy atom. The van der Waals surface area contributed by atoms with Crippen LogP contribution in [0, 0.1) is 6.92 Å². The Morgan fingerprint density at radius 2 is 2.04 bits per heavy atom. The number of fused-ring (bicyclic) bond motifs is 1. The van der Waals surface area contributed by atoms with E-state index in [9.17, 15) is 13.2 Å². The molecule has 3 aromatic rings. The van der Waals surface area contributed by atoms with Gasteiger partial charge < -0.3 is 10.2 Å². The van der Waals surface area contributed by atoms with Crippen LogP contribution >= 0.6 is 0 Å².